The molecule has 1 N–H and O–H groups in total. The van der Waals surface area contributed by atoms with E-state index in [0.717, 1.165) is 9.78 Å². The molecule has 1 aromatic carbocycles. The van der Waals surface area contributed by atoms with Crippen LogP contribution in [0.1, 0.15) is 45.9 Å². The highest BCUT2D eigenvalue weighted by molar-refractivity contribution is 7.09. The van der Waals surface area contributed by atoms with Gasteiger partial charge in [-0.2, -0.15) is 0 Å². The van der Waals surface area contributed by atoms with Gasteiger partial charge in [0.2, 0.25) is 5.91 Å². The van der Waals surface area contributed by atoms with Crippen molar-refractivity contribution in [2.24, 2.45) is 5.92 Å². The summed E-state index contributed by atoms with van der Waals surface area (Å²) in [7, 11) is 0. The van der Waals surface area contributed by atoms with Gasteiger partial charge < -0.3 is 5.32 Å². The topological polar surface area (TPSA) is 66.5 Å². The highest BCUT2D eigenvalue weighted by Crippen LogP contribution is 2.27. The number of hydrogen-bond donors (Lipinski definition) is 1. The van der Waals surface area contributed by atoms with Gasteiger partial charge in [-0.3, -0.25) is 19.3 Å². The summed E-state index contributed by atoms with van der Waals surface area (Å²) in [5, 5.41) is 4.80. The molecular weight excluding hydrogens is 336 g/mol. The first-order valence-corrected chi connectivity index (χ1v) is 9.14. The zero-order valence-electron chi connectivity index (χ0n) is 14.2. The molecule has 0 saturated carbocycles. The minimum atomic E-state index is -0.799. The summed E-state index contributed by atoms with van der Waals surface area (Å²) in [5.41, 5.74) is 0.736. The normalized spacial score (nSPS) is 14.8. The maximum absolute atomic E-state index is 12.8. The molecule has 1 aliphatic rings. The Morgan fingerprint density at radius 2 is 1.72 bits per heavy atom. The molecule has 1 atom stereocenters. The monoisotopic (exact) mass is 356 g/mol. The lowest BCUT2D eigenvalue weighted by molar-refractivity contribution is -0.125. The molecule has 0 bridgehead atoms. The average Bonchev–Trinajstić information content (AvgIpc) is 3.19. The highest BCUT2D eigenvalue weighted by Gasteiger charge is 2.42. The number of nitrogens with zero attached hydrogens (tertiary/aromatic N) is 1. The summed E-state index contributed by atoms with van der Waals surface area (Å²) >= 11 is 1.55. The standard InChI is InChI=1S/C19H20N2O3S/c1-12(2)10-16(17(22)20-11-13-6-5-9-25-13)21-18(23)14-7-3-4-8-15(14)19(21)24/h3-9,12,16H,10-11H2,1-2H3,(H,20,22)/t16-/m1/s1. The molecule has 3 amide bonds. The molecule has 5 nitrogen and oxygen atoms in total. The smallest absolute Gasteiger partial charge is 0.262 e. The summed E-state index contributed by atoms with van der Waals surface area (Å²) in [4.78, 5) is 40.3. The average molecular weight is 356 g/mol. The van der Waals surface area contributed by atoms with E-state index in [1.807, 2.05) is 31.4 Å². The van der Waals surface area contributed by atoms with Gasteiger partial charge in [0.1, 0.15) is 6.04 Å². The Morgan fingerprint density at radius 1 is 1.08 bits per heavy atom. The number of carbonyl (C=O) groups excluding carboxylic acids is 3. The predicted molar refractivity (Wildman–Crippen MR) is 96.4 cm³/mol. The number of hydrogen-bond acceptors (Lipinski definition) is 4. The van der Waals surface area contributed by atoms with Gasteiger partial charge in [0.25, 0.3) is 11.8 Å². The lowest BCUT2D eigenvalue weighted by atomic mass is 10.0. The van der Waals surface area contributed by atoms with Gasteiger partial charge in [0.15, 0.2) is 0 Å². The zero-order chi connectivity index (χ0) is 18.0. The van der Waals surface area contributed by atoms with Crippen molar-refractivity contribution in [1.29, 1.82) is 0 Å². The maximum atomic E-state index is 12.8. The predicted octanol–water partition coefficient (Wildman–Crippen LogP) is 3.08. The summed E-state index contributed by atoms with van der Waals surface area (Å²) in [5.74, 6) is -0.909. The number of fused-ring (bicyclic) bond motifs is 1. The van der Waals surface area contributed by atoms with E-state index in [4.69, 9.17) is 0 Å². The molecule has 0 unspecified atom stereocenters. The molecule has 0 aliphatic carbocycles. The number of nitrogens with one attached hydrogen (secondary N) is 1. The Balaban J connectivity index is 1.82. The van der Waals surface area contributed by atoms with E-state index in [9.17, 15) is 14.4 Å². The second kappa shape index (κ2) is 7.19. The van der Waals surface area contributed by atoms with Crippen molar-refractivity contribution >= 4 is 29.1 Å². The maximum Gasteiger partial charge on any atom is 0.262 e. The van der Waals surface area contributed by atoms with E-state index in [2.05, 4.69) is 5.32 Å². The molecule has 2 aromatic rings. The fourth-order valence-corrected chi connectivity index (χ4v) is 3.62. The van der Waals surface area contributed by atoms with Crippen LogP contribution >= 0.6 is 11.3 Å². The fourth-order valence-electron chi connectivity index (χ4n) is 2.97. The molecule has 0 radical (unpaired) electrons. The van der Waals surface area contributed by atoms with Crippen molar-refractivity contribution in [1.82, 2.24) is 10.2 Å². The Bertz CT molecular complexity index is 764. The first-order valence-electron chi connectivity index (χ1n) is 8.26. The minimum Gasteiger partial charge on any atom is -0.349 e. The second-order valence-corrected chi connectivity index (χ2v) is 7.50. The van der Waals surface area contributed by atoms with Crippen LogP contribution in [0.15, 0.2) is 41.8 Å². The van der Waals surface area contributed by atoms with Crippen LogP contribution in [0.25, 0.3) is 0 Å². The van der Waals surface area contributed by atoms with Crippen molar-refractivity contribution < 1.29 is 14.4 Å². The van der Waals surface area contributed by atoms with Crippen LogP contribution in [0.2, 0.25) is 0 Å². The molecule has 1 aliphatic heterocycles. The van der Waals surface area contributed by atoms with Crippen LogP contribution in [0.5, 0.6) is 0 Å². The quantitative estimate of drug-likeness (QED) is 0.809. The number of imide groups is 1. The lowest BCUT2D eigenvalue weighted by Crippen LogP contribution is -2.50. The van der Waals surface area contributed by atoms with E-state index < -0.39 is 17.9 Å². The second-order valence-electron chi connectivity index (χ2n) is 6.47. The van der Waals surface area contributed by atoms with Crippen molar-refractivity contribution in [2.45, 2.75) is 32.9 Å². The van der Waals surface area contributed by atoms with Gasteiger partial charge >= 0.3 is 0 Å². The first-order chi connectivity index (χ1) is 12.0. The van der Waals surface area contributed by atoms with Gasteiger partial charge in [-0.25, -0.2) is 0 Å². The largest absolute Gasteiger partial charge is 0.349 e. The van der Waals surface area contributed by atoms with Crippen LogP contribution in [-0.2, 0) is 11.3 Å². The van der Waals surface area contributed by atoms with Crippen molar-refractivity contribution in [3.63, 3.8) is 0 Å². The number of benzene rings is 1. The van der Waals surface area contributed by atoms with Crippen LogP contribution in [-0.4, -0.2) is 28.7 Å². The SMILES string of the molecule is CC(C)C[C@H](C(=O)NCc1cccs1)N1C(=O)c2ccccc2C1=O. The molecule has 0 fully saturated rings. The molecule has 0 saturated heterocycles. The molecule has 1 aromatic heterocycles. The summed E-state index contributed by atoms with van der Waals surface area (Å²) in [6, 6.07) is 9.76. The highest BCUT2D eigenvalue weighted by atomic mass is 32.1. The molecule has 6 heteroatoms. The zero-order valence-corrected chi connectivity index (χ0v) is 15.0. The van der Waals surface area contributed by atoms with Crippen LogP contribution in [0, 0.1) is 5.92 Å². The Morgan fingerprint density at radius 3 is 2.24 bits per heavy atom. The molecule has 130 valence electrons. The third-order valence-electron chi connectivity index (χ3n) is 4.15. The summed E-state index contributed by atoms with van der Waals surface area (Å²) in [6.07, 6.45) is 0.432. The van der Waals surface area contributed by atoms with Crippen LogP contribution < -0.4 is 5.32 Å². The van der Waals surface area contributed by atoms with Crippen molar-refractivity contribution in [2.75, 3.05) is 0 Å². The lowest BCUT2D eigenvalue weighted by Gasteiger charge is -2.26. The van der Waals surface area contributed by atoms with E-state index in [1.165, 1.54) is 0 Å². The van der Waals surface area contributed by atoms with Gasteiger partial charge in [-0.05, 0) is 35.9 Å². The molecule has 0 spiro atoms. The Hall–Kier alpha value is -2.47. The molecule has 2 heterocycles. The van der Waals surface area contributed by atoms with Crippen LogP contribution in [0.4, 0.5) is 0 Å². The summed E-state index contributed by atoms with van der Waals surface area (Å²) in [6.45, 7) is 4.34. The van der Waals surface area contributed by atoms with E-state index >= 15 is 0 Å². The van der Waals surface area contributed by atoms with E-state index in [1.54, 1.807) is 35.6 Å². The Labute approximate surface area is 150 Å². The van der Waals surface area contributed by atoms with Gasteiger partial charge in [0, 0.05) is 4.88 Å². The number of carbonyl (C=O) groups is 3. The van der Waals surface area contributed by atoms with Crippen molar-refractivity contribution in [3.05, 3.63) is 57.8 Å². The number of amides is 3. The van der Waals surface area contributed by atoms with Gasteiger partial charge in [0.05, 0.1) is 17.7 Å². The van der Waals surface area contributed by atoms with Crippen LogP contribution in [0.3, 0.4) is 0 Å². The third-order valence-corrected chi connectivity index (χ3v) is 5.03. The Kier molecular flexibility index (Phi) is 4.99. The fraction of sp³-hybridized carbons (Fsp3) is 0.316. The molecule has 25 heavy (non-hydrogen) atoms. The van der Waals surface area contributed by atoms with Crippen molar-refractivity contribution in [3.8, 4) is 0 Å². The summed E-state index contributed by atoms with van der Waals surface area (Å²) < 4.78 is 0. The number of thiophene rings is 1. The van der Waals surface area contributed by atoms with E-state index in [-0.39, 0.29) is 11.8 Å². The van der Waals surface area contributed by atoms with Gasteiger partial charge in [-0.1, -0.05) is 32.0 Å². The third kappa shape index (κ3) is 3.49. The molecular formula is C19H20N2O3S. The van der Waals surface area contributed by atoms with E-state index in [0.29, 0.717) is 24.1 Å². The minimum absolute atomic E-state index is 0.168. The van der Waals surface area contributed by atoms with Gasteiger partial charge in [-0.15, -0.1) is 11.3 Å². The number of rotatable bonds is 6. The molecule has 3 rings (SSSR count). The first kappa shape index (κ1) is 17.4.